The van der Waals surface area contributed by atoms with Crippen molar-refractivity contribution in [2.24, 2.45) is 0 Å². The van der Waals surface area contributed by atoms with Crippen molar-refractivity contribution in [3.8, 4) is 11.5 Å². The standard InChI is InChI=1S/C26H26N2O7/c1-14-23(26(30)35-4)24(16-6-5-7-18(10-16)28(31)32)25-19(27-14)11-17(12-20(25)29)15-8-9-21(33-2)22(13-15)34-3/h5-10,13,17,24,27H,11-12H2,1-4H3/t17-,24+/m0/s1. The van der Waals surface area contributed by atoms with Gasteiger partial charge in [0.05, 0.1) is 31.8 Å². The maximum Gasteiger partial charge on any atom is 0.336 e. The van der Waals surface area contributed by atoms with Gasteiger partial charge in [0.15, 0.2) is 17.3 Å². The molecule has 0 amide bonds. The molecule has 1 heterocycles. The Bertz CT molecular complexity index is 1280. The van der Waals surface area contributed by atoms with Gasteiger partial charge < -0.3 is 19.5 Å². The highest BCUT2D eigenvalue weighted by Gasteiger charge is 2.41. The van der Waals surface area contributed by atoms with E-state index in [-0.39, 0.29) is 29.4 Å². The number of nitro benzene ring substituents is 1. The lowest BCUT2D eigenvalue weighted by atomic mass is 9.71. The molecule has 9 nitrogen and oxygen atoms in total. The highest BCUT2D eigenvalue weighted by Crippen LogP contribution is 2.46. The van der Waals surface area contributed by atoms with Crippen molar-refractivity contribution in [2.45, 2.75) is 31.6 Å². The number of ketones is 1. The summed E-state index contributed by atoms with van der Waals surface area (Å²) in [6.07, 6.45) is 0.739. The maximum atomic E-state index is 13.6. The first-order valence-corrected chi connectivity index (χ1v) is 11.1. The molecule has 2 aliphatic rings. The number of hydrogen-bond acceptors (Lipinski definition) is 8. The van der Waals surface area contributed by atoms with Crippen LogP contribution in [0.2, 0.25) is 0 Å². The number of methoxy groups -OCH3 is 3. The molecule has 9 heteroatoms. The Kier molecular flexibility index (Phi) is 6.59. The van der Waals surface area contributed by atoms with Gasteiger partial charge in [0.1, 0.15) is 0 Å². The fourth-order valence-corrected chi connectivity index (χ4v) is 4.91. The van der Waals surface area contributed by atoms with E-state index in [1.54, 1.807) is 33.3 Å². The number of Topliss-reactive ketones (excluding diaryl/α,β-unsaturated/α-hetero) is 1. The minimum atomic E-state index is -0.766. The molecule has 4 rings (SSSR count). The van der Waals surface area contributed by atoms with Crippen LogP contribution in [-0.4, -0.2) is 38.0 Å². The number of esters is 1. The van der Waals surface area contributed by atoms with Crippen molar-refractivity contribution < 1.29 is 28.7 Å². The van der Waals surface area contributed by atoms with E-state index in [0.29, 0.717) is 40.5 Å². The summed E-state index contributed by atoms with van der Waals surface area (Å²) in [7, 11) is 4.39. The van der Waals surface area contributed by atoms with Crippen LogP contribution in [-0.2, 0) is 14.3 Å². The zero-order valence-electron chi connectivity index (χ0n) is 19.9. The lowest BCUT2D eigenvalue weighted by molar-refractivity contribution is -0.384. The normalized spacial score (nSPS) is 19.6. The third-order valence-corrected chi connectivity index (χ3v) is 6.53. The largest absolute Gasteiger partial charge is 0.493 e. The van der Waals surface area contributed by atoms with E-state index in [2.05, 4.69) is 5.32 Å². The summed E-state index contributed by atoms with van der Waals surface area (Å²) in [4.78, 5) is 37.3. The number of dihydropyridines is 1. The third-order valence-electron chi connectivity index (χ3n) is 6.53. The lowest BCUT2D eigenvalue weighted by Gasteiger charge is -2.36. The molecule has 0 unspecified atom stereocenters. The Morgan fingerprint density at radius 2 is 1.77 bits per heavy atom. The van der Waals surface area contributed by atoms with Gasteiger partial charge in [-0.05, 0) is 42.5 Å². The molecule has 1 N–H and O–H groups in total. The Morgan fingerprint density at radius 1 is 1.03 bits per heavy atom. The number of benzene rings is 2. The second-order valence-electron chi connectivity index (χ2n) is 8.48. The summed E-state index contributed by atoms with van der Waals surface area (Å²) >= 11 is 0. The molecule has 0 bridgehead atoms. The van der Waals surface area contributed by atoms with E-state index in [1.807, 2.05) is 18.2 Å². The molecule has 1 aliphatic heterocycles. The fourth-order valence-electron chi connectivity index (χ4n) is 4.91. The van der Waals surface area contributed by atoms with Crippen LogP contribution in [0.4, 0.5) is 5.69 Å². The first kappa shape index (κ1) is 24.0. The molecule has 35 heavy (non-hydrogen) atoms. The number of nitro groups is 1. The van der Waals surface area contributed by atoms with E-state index in [0.717, 1.165) is 5.56 Å². The number of nitrogens with one attached hydrogen (secondary N) is 1. The van der Waals surface area contributed by atoms with Crippen molar-refractivity contribution in [3.63, 3.8) is 0 Å². The smallest absolute Gasteiger partial charge is 0.336 e. The van der Waals surface area contributed by atoms with Crippen molar-refractivity contribution >= 4 is 17.4 Å². The number of non-ortho nitro benzene ring substituents is 1. The van der Waals surface area contributed by atoms with Crippen LogP contribution in [0.15, 0.2) is 65.0 Å². The number of carbonyl (C=O) groups is 2. The molecular formula is C26H26N2O7. The van der Waals surface area contributed by atoms with Crippen LogP contribution in [0.1, 0.15) is 42.7 Å². The molecule has 182 valence electrons. The van der Waals surface area contributed by atoms with Gasteiger partial charge in [0.2, 0.25) is 0 Å². The van der Waals surface area contributed by atoms with Gasteiger partial charge in [-0.1, -0.05) is 18.2 Å². The third kappa shape index (κ3) is 4.37. The fraction of sp³-hybridized carbons (Fsp3) is 0.308. The van der Waals surface area contributed by atoms with Crippen LogP contribution in [0.3, 0.4) is 0 Å². The summed E-state index contributed by atoms with van der Waals surface area (Å²) in [5.74, 6) is -0.435. The summed E-state index contributed by atoms with van der Waals surface area (Å²) in [5, 5.41) is 14.7. The number of rotatable bonds is 6. The van der Waals surface area contributed by atoms with Gasteiger partial charge in [-0.2, -0.15) is 0 Å². The van der Waals surface area contributed by atoms with E-state index in [9.17, 15) is 19.7 Å². The maximum absolute atomic E-state index is 13.6. The molecule has 2 aromatic rings. The molecule has 0 saturated carbocycles. The van der Waals surface area contributed by atoms with Crippen LogP contribution >= 0.6 is 0 Å². The van der Waals surface area contributed by atoms with Crippen LogP contribution in [0.5, 0.6) is 11.5 Å². The molecule has 0 fully saturated rings. The van der Waals surface area contributed by atoms with E-state index >= 15 is 0 Å². The zero-order valence-corrected chi connectivity index (χ0v) is 19.9. The number of carbonyl (C=O) groups excluding carboxylic acids is 2. The first-order chi connectivity index (χ1) is 16.8. The monoisotopic (exact) mass is 478 g/mol. The number of hydrogen-bond donors (Lipinski definition) is 1. The number of nitrogens with zero attached hydrogens (tertiary/aromatic N) is 1. The molecule has 0 saturated heterocycles. The molecule has 2 aromatic carbocycles. The van der Waals surface area contributed by atoms with Crippen molar-refractivity contribution in [2.75, 3.05) is 21.3 Å². The van der Waals surface area contributed by atoms with Gasteiger partial charge in [-0.15, -0.1) is 0 Å². The Balaban J connectivity index is 1.80. The summed E-state index contributed by atoms with van der Waals surface area (Å²) in [5.41, 5.74) is 3.26. The average Bonchev–Trinajstić information content (AvgIpc) is 2.86. The minimum Gasteiger partial charge on any atom is -0.493 e. The molecule has 1 aliphatic carbocycles. The predicted octanol–water partition coefficient (Wildman–Crippen LogP) is 4.15. The van der Waals surface area contributed by atoms with Crippen molar-refractivity contribution in [1.29, 1.82) is 0 Å². The first-order valence-electron chi connectivity index (χ1n) is 11.1. The van der Waals surface area contributed by atoms with Crippen molar-refractivity contribution in [3.05, 3.63) is 86.2 Å². The SMILES string of the molecule is COC(=O)C1=C(C)NC2=C(C(=O)C[C@@H](c3ccc(OC)c(OC)c3)C2)[C@@H]1c1cccc([N+](=O)[O-])c1. The highest BCUT2D eigenvalue weighted by atomic mass is 16.6. The summed E-state index contributed by atoms with van der Waals surface area (Å²) in [6.45, 7) is 1.74. The summed E-state index contributed by atoms with van der Waals surface area (Å²) in [6, 6.07) is 11.6. The number of allylic oxidation sites excluding steroid dienone is 3. The van der Waals surface area contributed by atoms with Crippen LogP contribution < -0.4 is 14.8 Å². The van der Waals surface area contributed by atoms with Crippen molar-refractivity contribution in [1.82, 2.24) is 5.32 Å². The van der Waals surface area contributed by atoms with E-state index < -0.39 is 16.8 Å². The van der Waals surface area contributed by atoms with Gasteiger partial charge in [0.25, 0.3) is 5.69 Å². The second kappa shape index (κ2) is 9.61. The topological polar surface area (TPSA) is 117 Å². The Hall–Kier alpha value is -4.14. The quantitative estimate of drug-likeness (QED) is 0.374. The van der Waals surface area contributed by atoms with Gasteiger partial charge in [-0.25, -0.2) is 4.79 Å². The molecular weight excluding hydrogens is 452 g/mol. The Labute approximate surface area is 202 Å². The summed E-state index contributed by atoms with van der Waals surface area (Å²) < 4.78 is 15.8. The van der Waals surface area contributed by atoms with Gasteiger partial charge in [0, 0.05) is 41.4 Å². The zero-order chi connectivity index (χ0) is 25.3. The molecule has 0 aromatic heterocycles. The van der Waals surface area contributed by atoms with Gasteiger partial charge >= 0.3 is 5.97 Å². The average molecular weight is 479 g/mol. The highest BCUT2D eigenvalue weighted by molar-refractivity contribution is 6.04. The second-order valence-corrected chi connectivity index (χ2v) is 8.48. The van der Waals surface area contributed by atoms with E-state index in [4.69, 9.17) is 14.2 Å². The molecule has 2 atom stereocenters. The number of ether oxygens (including phenoxy) is 3. The van der Waals surface area contributed by atoms with Crippen LogP contribution in [0, 0.1) is 10.1 Å². The Morgan fingerprint density at radius 3 is 2.43 bits per heavy atom. The lowest BCUT2D eigenvalue weighted by Crippen LogP contribution is -2.36. The minimum absolute atomic E-state index is 0.114. The van der Waals surface area contributed by atoms with Crippen LogP contribution in [0.25, 0.3) is 0 Å². The van der Waals surface area contributed by atoms with E-state index in [1.165, 1.54) is 19.2 Å². The molecule has 0 spiro atoms. The predicted molar refractivity (Wildman–Crippen MR) is 127 cm³/mol. The van der Waals surface area contributed by atoms with Gasteiger partial charge in [-0.3, -0.25) is 14.9 Å². The molecule has 0 radical (unpaired) electrons.